The summed E-state index contributed by atoms with van der Waals surface area (Å²) >= 11 is 0. The molecule has 3 heterocycles. The molecule has 0 bridgehead atoms. The Morgan fingerprint density at radius 3 is 2.82 bits per heavy atom. The van der Waals surface area contributed by atoms with Crippen molar-refractivity contribution in [3.05, 3.63) is 28.8 Å². The van der Waals surface area contributed by atoms with E-state index in [1.54, 1.807) is 0 Å². The topological polar surface area (TPSA) is 144 Å². The number of aromatic nitrogens is 3. The van der Waals surface area contributed by atoms with Crippen LogP contribution in [0.3, 0.4) is 0 Å². The van der Waals surface area contributed by atoms with Crippen LogP contribution in [0.2, 0.25) is 0 Å². The number of nitrogens with zero attached hydrogens (tertiary/aromatic N) is 3. The number of aliphatic hydroxyl groups is 3. The molecule has 2 aromatic rings. The third kappa shape index (κ3) is 1.98. The van der Waals surface area contributed by atoms with Crippen LogP contribution < -0.4 is 11.2 Å². The molecule has 0 aliphatic carbocycles. The van der Waals surface area contributed by atoms with Gasteiger partial charge in [0, 0.05) is 12.3 Å². The maximum absolute atomic E-state index is 11.9. The first-order chi connectivity index (χ1) is 10.4. The summed E-state index contributed by atoms with van der Waals surface area (Å²) < 4.78 is 7.00. The second kappa shape index (κ2) is 4.99. The van der Waals surface area contributed by atoms with Crippen LogP contribution in [0.5, 0.6) is 0 Å². The number of nitrogen functional groups attached to an aromatic ring is 1. The molecule has 1 saturated heterocycles. The van der Waals surface area contributed by atoms with Crippen LogP contribution >= 0.6 is 0 Å². The lowest BCUT2D eigenvalue weighted by Gasteiger charge is -2.24. The van der Waals surface area contributed by atoms with Crippen molar-refractivity contribution in [2.75, 3.05) is 12.3 Å². The molecule has 0 aromatic carbocycles. The van der Waals surface area contributed by atoms with Gasteiger partial charge in [-0.05, 0) is 6.92 Å². The first-order valence-electron chi connectivity index (χ1n) is 6.65. The van der Waals surface area contributed by atoms with Gasteiger partial charge in [-0.15, -0.1) is 0 Å². The maximum Gasteiger partial charge on any atom is 0.194 e. The van der Waals surface area contributed by atoms with E-state index in [1.165, 1.54) is 30.1 Å². The van der Waals surface area contributed by atoms with E-state index in [1.807, 2.05) is 0 Å². The zero-order valence-electron chi connectivity index (χ0n) is 11.7. The Kier molecular flexibility index (Phi) is 3.37. The van der Waals surface area contributed by atoms with Crippen molar-refractivity contribution >= 4 is 16.9 Å². The highest BCUT2D eigenvalue weighted by Crippen LogP contribution is 2.37. The second-order valence-corrected chi connectivity index (χ2v) is 5.46. The van der Waals surface area contributed by atoms with Crippen LogP contribution in [0.25, 0.3) is 11.0 Å². The van der Waals surface area contributed by atoms with Crippen LogP contribution in [-0.4, -0.2) is 54.3 Å². The van der Waals surface area contributed by atoms with Gasteiger partial charge < -0.3 is 30.4 Å². The zero-order valence-corrected chi connectivity index (χ0v) is 11.7. The van der Waals surface area contributed by atoms with Crippen LogP contribution in [-0.2, 0) is 4.74 Å². The quantitative estimate of drug-likeness (QED) is 0.518. The molecule has 5 N–H and O–H groups in total. The average Bonchev–Trinajstić information content (AvgIpc) is 2.73. The van der Waals surface area contributed by atoms with Gasteiger partial charge >= 0.3 is 0 Å². The minimum absolute atomic E-state index is 0.0160. The Labute approximate surface area is 124 Å². The number of hydrogen-bond acceptors (Lipinski definition) is 8. The maximum atomic E-state index is 11.9. The van der Waals surface area contributed by atoms with Gasteiger partial charge in [0.15, 0.2) is 17.3 Å². The number of rotatable bonds is 2. The lowest BCUT2D eigenvalue weighted by molar-refractivity contribution is -0.115. The third-order valence-corrected chi connectivity index (χ3v) is 3.95. The van der Waals surface area contributed by atoms with Crippen molar-refractivity contribution in [1.29, 1.82) is 0 Å². The summed E-state index contributed by atoms with van der Waals surface area (Å²) in [6.45, 7) is 1.01. The summed E-state index contributed by atoms with van der Waals surface area (Å²) in [6, 6.07) is 1.25. The predicted molar refractivity (Wildman–Crippen MR) is 75.8 cm³/mol. The van der Waals surface area contributed by atoms with E-state index in [-0.39, 0.29) is 22.3 Å². The van der Waals surface area contributed by atoms with Crippen LogP contribution in [0.15, 0.2) is 23.4 Å². The highest BCUT2D eigenvalue weighted by molar-refractivity contribution is 5.84. The lowest BCUT2D eigenvalue weighted by Crippen LogP contribution is -2.43. The fourth-order valence-electron chi connectivity index (χ4n) is 2.61. The minimum Gasteiger partial charge on any atom is -0.393 e. The first-order valence-corrected chi connectivity index (χ1v) is 6.65. The van der Waals surface area contributed by atoms with Crippen molar-refractivity contribution in [1.82, 2.24) is 14.5 Å². The molecular weight excluding hydrogens is 292 g/mol. The Balaban J connectivity index is 2.18. The summed E-state index contributed by atoms with van der Waals surface area (Å²) in [5.41, 5.74) is 4.21. The zero-order chi connectivity index (χ0) is 16.1. The molecule has 3 rings (SSSR count). The van der Waals surface area contributed by atoms with Crippen molar-refractivity contribution in [2.24, 2.45) is 0 Å². The summed E-state index contributed by atoms with van der Waals surface area (Å²) in [5.74, 6) is 0.0160. The molecule has 1 fully saturated rings. The normalized spacial score (nSPS) is 31.7. The Morgan fingerprint density at radius 2 is 2.18 bits per heavy atom. The number of aliphatic hydroxyl groups excluding tert-OH is 3. The van der Waals surface area contributed by atoms with E-state index < -0.39 is 30.6 Å². The predicted octanol–water partition coefficient (Wildman–Crippen LogP) is -1.62. The molecule has 0 radical (unpaired) electrons. The largest absolute Gasteiger partial charge is 0.393 e. The van der Waals surface area contributed by atoms with Gasteiger partial charge in [-0.1, -0.05) is 0 Å². The Bertz CT molecular complexity index is 779. The summed E-state index contributed by atoms with van der Waals surface area (Å²) in [4.78, 5) is 19.7. The SMILES string of the molecule is C[C@]1(CO)OC(n2ccc(=O)c3c(N)ncnc32)[C@H](O)[C@@H]1O. The van der Waals surface area contributed by atoms with Gasteiger partial charge in [-0.2, -0.15) is 0 Å². The summed E-state index contributed by atoms with van der Waals surface area (Å²) in [7, 11) is 0. The van der Waals surface area contributed by atoms with E-state index in [9.17, 15) is 20.1 Å². The number of hydrogen-bond donors (Lipinski definition) is 4. The van der Waals surface area contributed by atoms with Gasteiger partial charge in [0.25, 0.3) is 0 Å². The molecule has 9 nitrogen and oxygen atoms in total. The van der Waals surface area contributed by atoms with Gasteiger partial charge in [0.05, 0.1) is 6.61 Å². The fourth-order valence-corrected chi connectivity index (χ4v) is 2.61. The number of fused-ring (bicyclic) bond motifs is 1. The van der Waals surface area contributed by atoms with Crippen LogP contribution in [0, 0.1) is 0 Å². The van der Waals surface area contributed by atoms with E-state index in [0.29, 0.717) is 0 Å². The molecule has 9 heteroatoms. The molecule has 0 amide bonds. The van der Waals surface area contributed by atoms with Gasteiger partial charge in [-0.25, -0.2) is 9.97 Å². The fraction of sp³-hybridized carbons (Fsp3) is 0.462. The minimum atomic E-state index is -1.32. The van der Waals surface area contributed by atoms with Gasteiger partial charge in [0.2, 0.25) is 0 Å². The smallest absolute Gasteiger partial charge is 0.194 e. The highest BCUT2D eigenvalue weighted by Gasteiger charge is 2.51. The van der Waals surface area contributed by atoms with Crippen LogP contribution in [0.1, 0.15) is 13.2 Å². The van der Waals surface area contributed by atoms with E-state index in [2.05, 4.69) is 9.97 Å². The number of pyridine rings is 1. The molecular formula is C13H16N4O5. The Morgan fingerprint density at radius 1 is 1.45 bits per heavy atom. The number of ether oxygens (including phenoxy) is 1. The molecule has 0 saturated carbocycles. The van der Waals surface area contributed by atoms with Crippen LogP contribution in [0.4, 0.5) is 5.82 Å². The van der Waals surface area contributed by atoms with Gasteiger partial charge in [0.1, 0.15) is 35.3 Å². The molecule has 1 aliphatic rings. The van der Waals surface area contributed by atoms with Crippen molar-refractivity contribution in [3.8, 4) is 0 Å². The molecule has 118 valence electrons. The summed E-state index contributed by atoms with van der Waals surface area (Å²) in [6.07, 6.45) is -1.04. The van der Waals surface area contributed by atoms with Crippen molar-refractivity contribution in [2.45, 2.75) is 31.0 Å². The van der Waals surface area contributed by atoms with Crippen molar-refractivity contribution in [3.63, 3.8) is 0 Å². The van der Waals surface area contributed by atoms with Crippen molar-refractivity contribution < 1.29 is 20.1 Å². The number of anilines is 1. The molecule has 0 spiro atoms. The second-order valence-electron chi connectivity index (χ2n) is 5.46. The summed E-state index contributed by atoms with van der Waals surface area (Å²) in [5, 5.41) is 29.8. The van der Waals surface area contributed by atoms with E-state index >= 15 is 0 Å². The van der Waals surface area contributed by atoms with E-state index in [0.717, 1.165) is 0 Å². The highest BCUT2D eigenvalue weighted by atomic mass is 16.6. The Hall–Kier alpha value is -2.07. The monoisotopic (exact) mass is 308 g/mol. The third-order valence-electron chi connectivity index (χ3n) is 3.95. The van der Waals surface area contributed by atoms with E-state index in [4.69, 9.17) is 10.5 Å². The number of nitrogens with two attached hydrogens (primary N) is 1. The first kappa shape index (κ1) is 14.9. The molecule has 1 unspecified atom stereocenters. The molecule has 1 aliphatic heterocycles. The standard InChI is InChI=1S/C13H16N4O5/c1-13(4-18)9(21)8(20)12(22-13)17-3-2-6(19)7-10(14)15-5-16-11(7)17/h2-3,5,8-9,12,18,20-21H,4H2,1H3,(H2,14,15,16)/t8-,9+,12?,13-/m1/s1. The molecule has 22 heavy (non-hydrogen) atoms. The molecule has 4 atom stereocenters. The van der Waals surface area contributed by atoms with Gasteiger partial charge in [-0.3, -0.25) is 4.79 Å². The average molecular weight is 308 g/mol. The molecule has 2 aromatic heterocycles. The lowest BCUT2D eigenvalue weighted by atomic mass is 9.99.